The molecule has 34 heavy (non-hydrogen) atoms. The number of rotatable bonds is 10. The maximum absolute atomic E-state index is 14.5. The van der Waals surface area contributed by atoms with E-state index >= 15 is 0 Å². The number of hydrogen-bond donors (Lipinski definition) is 1. The molecule has 0 saturated carbocycles. The maximum Gasteiger partial charge on any atom is 0.354 e. The smallest absolute Gasteiger partial charge is 0.354 e. The molecule has 10 nitrogen and oxygen atoms in total. The highest BCUT2D eigenvalue weighted by Gasteiger charge is 2.21. The number of carbonyl (C=O) groups excluding carboxylic acids is 1. The van der Waals surface area contributed by atoms with Crippen molar-refractivity contribution in [3.8, 4) is 5.75 Å². The van der Waals surface area contributed by atoms with Crippen molar-refractivity contribution in [1.29, 1.82) is 0 Å². The fourth-order valence-corrected chi connectivity index (χ4v) is 3.66. The molecule has 1 saturated heterocycles. The topological polar surface area (TPSA) is 114 Å². The van der Waals surface area contributed by atoms with Gasteiger partial charge in [-0.15, -0.1) is 0 Å². The van der Waals surface area contributed by atoms with Crippen molar-refractivity contribution in [3.05, 3.63) is 45.0 Å². The van der Waals surface area contributed by atoms with Gasteiger partial charge in [0.1, 0.15) is 0 Å². The van der Waals surface area contributed by atoms with Crippen molar-refractivity contribution in [2.45, 2.75) is 59.2 Å². The Hall–Kier alpha value is -3.21. The molecule has 0 spiro atoms. The molecule has 1 fully saturated rings. The highest BCUT2D eigenvalue weighted by Crippen LogP contribution is 2.24. The lowest BCUT2D eigenvalue weighted by Gasteiger charge is -2.24. The molecule has 1 aromatic carbocycles. The molecular formula is C23H31FN4O6. The number of halogens is 1. The first-order valence-electron chi connectivity index (χ1n) is 11.5. The Kier molecular flexibility index (Phi) is 8.80. The zero-order valence-corrected chi connectivity index (χ0v) is 19.7. The largest absolute Gasteiger partial charge is 0.488 e. The van der Waals surface area contributed by atoms with E-state index in [0.717, 1.165) is 17.4 Å². The highest BCUT2D eigenvalue weighted by molar-refractivity contribution is 5.69. The van der Waals surface area contributed by atoms with Gasteiger partial charge in [-0.1, -0.05) is 0 Å². The molecule has 2 heterocycles. The summed E-state index contributed by atoms with van der Waals surface area (Å²) in [6.07, 6.45) is 1.19. The SMILES string of the molecule is CCOC(=O)CCn1c(=O)nc(Nc2ccc(OC(C)C)c(F)c2)n(CC2CCOCC2)c1=O. The van der Waals surface area contributed by atoms with Gasteiger partial charge in [0, 0.05) is 38.1 Å². The van der Waals surface area contributed by atoms with Gasteiger partial charge < -0.3 is 19.5 Å². The third kappa shape index (κ3) is 6.66. The summed E-state index contributed by atoms with van der Waals surface area (Å²) in [5.41, 5.74) is -1.09. The van der Waals surface area contributed by atoms with Gasteiger partial charge in [0.25, 0.3) is 0 Å². The molecule has 11 heteroatoms. The van der Waals surface area contributed by atoms with Crippen LogP contribution in [0.2, 0.25) is 0 Å². The van der Waals surface area contributed by atoms with E-state index in [1.54, 1.807) is 26.8 Å². The van der Waals surface area contributed by atoms with E-state index in [1.807, 2.05) is 0 Å². The first-order chi connectivity index (χ1) is 16.3. The van der Waals surface area contributed by atoms with Gasteiger partial charge in [-0.2, -0.15) is 4.98 Å². The third-order valence-corrected chi connectivity index (χ3v) is 5.33. The van der Waals surface area contributed by atoms with Gasteiger partial charge in [-0.25, -0.2) is 18.5 Å². The lowest BCUT2D eigenvalue weighted by Crippen LogP contribution is -2.44. The van der Waals surface area contributed by atoms with E-state index in [2.05, 4.69) is 10.3 Å². The minimum absolute atomic E-state index is 0.00537. The summed E-state index contributed by atoms with van der Waals surface area (Å²) in [6.45, 7) is 6.80. The second kappa shape index (κ2) is 11.8. The van der Waals surface area contributed by atoms with Crippen LogP contribution in [0.5, 0.6) is 5.75 Å². The minimum Gasteiger partial charge on any atom is -0.488 e. The van der Waals surface area contributed by atoms with Gasteiger partial charge in [-0.3, -0.25) is 9.36 Å². The molecule has 0 atom stereocenters. The standard InChI is InChI=1S/C23H31FN4O6/c1-4-33-20(29)7-10-27-22(30)26-21(28(23(27)31)14-16-8-11-32-12-9-16)25-17-5-6-19(18(24)13-17)34-15(2)3/h5-6,13,15-16H,4,7-12,14H2,1-3H3,(H,25,26,30). The van der Waals surface area contributed by atoms with E-state index in [9.17, 15) is 18.8 Å². The molecule has 1 aliphatic rings. The summed E-state index contributed by atoms with van der Waals surface area (Å²) < 4.78 is 32.4. The summed E-state index contributed by atoms with van der Waals surface area (Å²) in [5.74, 6) is -0.845. The van der Waals surface area contributed by atoms with Crippen molar-refractivity contribution in [2.24, 2.45) is 5.92 Å². The maximum atomic E-state index is 14.5. The molecule has 0 bridgehead atoms. The Balaban J connectivity index is 1.93. The van der Waals surface area contributed by atoms with Gasteiger partial charge in [0.2, 0.25) is 5.95 Å². The molecule has 0 amide bonds. The molecule has 0 aliphatic carbocycles. The van der Waals surface area contributed by atoms with Crippen molar-refractivity contribution in [2.75, 3.05) is 25.1 Å². The summed E-state index contributed by atoms with van der Waals surface area (Å²) >= 11 is 0. The Bertz CT molecular complexity index is 1110. The van der Waals surface area contributed by atoms with Crippen molar-refractivity contribution in [3.63, 3.8) is 0 Å². The van der Waals surface area contributed by atoms with Crippen LogP contribution in [0.25, 0.3) is 0 Å². The van der Waals surface area contributed by atoms with Crippen LogP contribution >= 0.6 is 0 Å². The van der Waals surface area contributed by atoms with Crippen molar-refractivity contribution < 1.29 is 23.4 Å². The number of benzene rings is 1. The van der Waals surface area contributed by atoms with Crippen LogP contribution in [-0.2, 0) is 27.4 Å². The monoisotopic (exact) mass is 478 g/mol. The van der Waals surface area contributed by atoms with Crippen LogP contribution < -0.4 is 21.4 Å². The lowest BCUT2D eigenvalue weighted by molar-refractivity contribution is -0.143. The molecule has 2 aromatic rings. The predicted octanol–water partition coefficient (Wildman–Crippen LogP) is 2.45. The summed E-state index contributed by atoms with van der Waals surface area (Å²) in [7, 11) is 0. The zero-order chi connectivity index (χ0) is 24.7. The molecule has 0 unspecified atom stereocenters. The predicted molar refractivity (Wildman–Crippen MR) is 123 cm³/mol. The van der Waals surface area contributed by atoms with Crippen LogP contribution in [0, 0.1) is 11.7 Å². The van der Waals surface area contributed by atoms with Gasteiger partial charge in [0.15, 0.2) is 11.6 Å². The molecular weight excluding hydrogens is 447 g/mol. The third-order valence-electron chi connectivity index (χ3n) is 5.33. The number of anilines is 2. The number of hydrogen-bond acceptors (Lipinski definition) is 8. The summed E-state index contributed by atoms with van der Waals surface area (Å²) in [6, 6.07) is 4.27. The second-order valence-corrected chi connectivity index (χ2v) is 8.31. The van der Waals surface area contributed by atoms with E-state index in [0.29, 0.717) is 25.4 Å². The van der Waals surface area contributed by atoms with Crippen LogP contribution in [0.3, 0.4) is 0 Å². The molecule has 1 N–H and O–H groups in total. The molecule has 1 aromatic heterocycles. The van der Waals surface area contributed by atoms with Crippen LogP contribution in [0.1, 0.15) is 40.0 Å². The van der Waals surface area contributed by atoms with Crippen LogP contribution in [0.4, 0.5) is 16.0 Å². The summed E-state index contributed by atoms with van der Waals surface area (Å²) in [5, 5.41) is 2.90. The van der Waals surface area contributed by atoms with E-state index in [-0.39, 0.29) is 43.3 Å². The van der Waals surface area contributed by atoms with Crippen molar-refractivity contribution >= 4 is 17.6 Å². The lowest BCUT2D eigenvalue weighted by atomic mass is 10.0. The number of aromatic nitrogens is 3. The number of esters is 1. The number of nitrogens with one attached hydrogen (secondary N) is 1. The number of carbonyl (C=O) groups is 1. The minimum atomic E-state index is -0.805. The molecule has 0 radical (unpaired) electrons. The Labute approximate surface area is 196 Å². The highest BCUT2D eigenvalue weighted by atomic mass is 19.1. The quantitative estimate of drug-likeness (QED) is 0.518. The Morgan fingerprint density at radius 3 is 2.65 bits per heavy atom. The fourth-order valence-electron chi connectivity index (χ4n) is 3.66. The van der Waals surface area contributed by atoms with E-state index in [4.69, 9.17) is 14.2 Å². The van der Waals surface area contributed by atoms with Crippen LogP contribution in [-0.4, -0.2) is 46.0 Å². The Morgan fingerprint density at radius 2 is 2.00 bits per heavy atom. The molecule has 1 aliphatic heterocycles. The number of nitrogens with zero attached hydrogens (tertiary/aromatic N) is 3. The van der Waals surface area contributed by atoms with Gasteiger partial charge in [0.05, 0.1) is 19.1 Å². The summed E-state index contributed by atoms with van der Waals surface area (Å²) in [4.78, 5) is 41.7. The van der Waals surface area contributed by atoms with E-state index < -0.39 is 23.2 Å². The second-order valence-electron chi connectivity index (χ2n) is 8.31. The molecule has 186 valence electrons. The first-order valence-corrected chi connectivity index (χ1v) is 11.5. The van der Waals surface area contributed by atoms with E-state index in [1.165, 1.54) is 16.7 Å². The normalized spacial score (nSPS) is 14.3. The average Bonchev–Trinajstić information content (AvgIpc) is 2.79. The first kappa shape index (κ1) is 25.4. The van der Waals surface area contributed by atoms with Gasteiger partial charge in [-0.05, 0) is 51.7 Å². The fraction of sp³-hybridized carbons (Fsp3) is 0.565. The Morgan fingerprint density at radius 1 is 1.26 bits per heavy atom. The zero-order valence-electron chi connectivity index (χ0n) is 19.7. The van der Waals surface area contributed by atoms with Crippen molar-refractivity contribution in [1.82, 2.24) is 14.1 Å². The molecule has 3 rings (SSSR count). The number of ether oxygens (including phenoxy) is 3. The van der Waals surface area contributed by atoms with Gasteiger partial charge >= 0.3 is 17.3 Å². The van der Waals surface area contributed by atoms with Crippen LogP contribution in [0.15, 0.2) is 27.8 Å². The average molecular weight is 479 g/mol.